The normalized spacial score (nSPS) is 27.1. The van der Waals surface area contributed by atoms with Crippen LogP contribution in [0.4, 0.5) is 15.0 Å². The first-order valence-corrected chi connectivity index (χ1v) is 9.35. The molecule has 2 fully saturated rings. The number of amides is 2. The summed E-state index contributed by atoms with van der Waals surface area (Å²) in [4.78, 5) is 31.1. The van der Waals surface area contributed by atoms with E-state index in [9.17, 15) is 14.0 Å². The third-order valence-corrected chi connectivity index (χ3v) is 5.46. The predicted octanol–water partition coefficient (Wildman–Crippen LogP) is 4.02. The van der Waals surface area contributed by atoms with Crippen LogP contribution in [0.25, 0.3) is 0 Å². The van der Waals surface area contributed by atoms with Crippen LogP contribution in [-0.4, -0.2) is 39.6 Å². The molecule has 1 N–H and O–H groups in total. The van der Waals surface area contributed by atoms with E-state index >= 15 is 0 Å². The van der Waals surface area contributed by atoms with Gasteiger partial charge in [-0.25, -0.2) is 14.2 Å². The van der Waals surface area contributed by atoms with Gasteiger partial charge in [-0.15, -0.1) is 0 Å². The molecule has 0 unspecified atom stereocenters. The van der Waals surface area contributed by atoms with Gasteiger partial charge in [0.1, 0.15) is 22.1 Å². The van der Waals surface area contributed by atoms with Crippen LogP contribution in [0, 0.1) is 18.2 Å². The Morgan fingerprint density at radius 3 is 2.69 bits per heavy atom. The third-order valence-electron chi connectivity index (χ3n) is 4.91. The molecule has 8 heteroatoms. The Morgan fingerprint density at radius 2 is 2.08 bits per heavy atom. The summed E-state index contributed by atoms with van der Waals surface area (Å²) in [5.74, 6) is -0.554. The summed E-state index contributed by atoms with van der Waals surface area (Å²) in [5.41, 5.74) is -0.172. The Balaban J connectivity index is 1.80. The lowest BCUT2D eigenvalue weighted by Crippen LogP contribution is -2.47. The molecule has 2 heterocycles. The number of anilines is 1. The Labute approximate surface area is 160 Å². The van der Waals surface area contributed by atoms with E-state index in [4.69, 9.17) is 4.74 Å². The number of nitrogens with zero attached hydrogens (tertiary/aromatic N) is 2. The number of pyridine rings is 1. The number of likely N-dealkylation sites (tertiary alicyclic amines) is 1. The zero-order valence-electron chi connectivity index (χ0n) is 15.5. The van der Waals surface area contributed by atoms with Gasteiger partial charge < -0.3 is 10.1 Å². The number of aromatic nitrogens is 1. The molecular formula is C18H23BrFN3O3. The first-order valence-electron chi connectivity index (χ1n) is 8.56. The minimum Gasteiger partial charge on any atom is -0.444 e. The van der Waals surface area contributed by atoms with Crippen molar-refractivity contribution in [3.05, 3.63) is 22.1 Å². The van der Waals surface area contributed by atoms with Gasteiger partial charge in [-0.1, -0.05) is 6.92 Å². The molecule has 6 nitrogen and oxygen atoms in total. The van der Waals surface area contributed by atoms with E-state index in [0.717, 1.165) is 6.42 Å². The lowest BCUT2D eigenvalue weighted by molar-refractivity contribution is -0.121. The molecule has 1 saturated carbocycles. The molecule has 142 valence electrons. The number of piperidine rings is 1. The van der Waals surface area contributed by atoms with Crippen molar-refractivity contribution in [1.29, 1.82) is 0 Å². The lowest BCUT2D eigenvalue weighted by atomic mass is 10.0. The highest BCUT2D eigenvalue weighted by molar-refractivity contribution is 9.10. The summed E-state index contributed by atoms with van der Waals surface area (Å²) < 4.78 is 19.1. The minimum atomic E-state index is -0.633. The van der Waals surface area contributed by atoms with Crippen LogP contribution in [0.2, 0.25) is 0 Å². The van der Waals surface area contributed by atoms with Crippen molar-refractivity contribution in [2.24, 2.45) is 5.41 Å². The van der Waals surface area contributed by atoms with E-state index in [1.807, 2.05) is 0 Å². The zero-order chi connectivity index (χ0) is 19.4. The van der Waals surface area contributed by atoms with Gasteiger partial charge in [-0.2, -0.15) is 0 Å². The molecule has 2 amide bonds. The van der Waals surface area contributed by atoms with Crippen molar-refractivity contribution in [2.75, 3.05) is 5.32 Å². The summed E-state index contributed by atoms with van der Waals surface area (Å²) in [6.07, 6.45) is 0.966. The second-order valence-electron chi connectivity index (χ2n) is 8.40. The fraction of sp³-hybridized carbons (Fsp3) is 0.611. The molecule has 26 heavy (non-hydrogen) atoms. The molecule has 0 radical (unpaired) electrons. The van der Waals surface area contributed by atoms with Gasteiger partial charge in [0, 0.05) is 6.04 Å². The van der Waals surface area contributed by atoms with Crippen molar-refractivity contribution >= 4 is 33.7 Å². The number of rotatable bonds is 2. The monoisotopic (exact) mass is 427 g/mol. The van der Waals surface area contributed by atoms with Crippen molar-refractivity contribution < 1.29 is 18.7 Å². The van der Waals surface area contributed by atoms with Gasteiger partial charge in [0.25, 0.3) is 0 Å². The quantitative estimate of drug-likeness (QED) is 0.723. The van der Waals surface area contributed by atoms with E-state index in [2.05, 4.69) is 33.2 Å². The van der Waals surface area contributed by atoms with Crippen molar-refractivity contribution in [3.8, 4) is 0 Å². The van der Waals surface area contributed by atoms with E-state index < -0.39 is 23.6 Å². The topological polar surface area (TPSA) is 71.5 Å². The number of nitrogens with one attached hydrogen (secondary N) is 1. The molecule has 2 aliphatic rings. The van der Waals surface area contributed by atoms with Crippen LogP contribution in [0.3, 0.4) is 0 Å². The molecule has 0 spiro atoms. The molecular weight excluding hydrogens is 405 g/mol. The smallest absolute Gasteiger partial charge is 0.411 e. The Bertz CT molecular complexity index is 780. The van der Waals surface area contributed by atoms with Crippen LogP contribution < -0.4 is 5.32 Å². The molecule has 1 aromatic rings. The molecule has 3 rings (SSSR count). The number of carbonyl (C=O) groups is 2. The number of hydrogen-bond acceptors (Lipinski definition) is 4. The molecule has 1 saturated heterocycles. The Kier molecular flexibility index (Phi) is 4.53. The maximum Gasteiger partial charge on any atom is 0.411 e. The Morgan fingerprint density at radius 1 is 1.42 bits per heavy atom. The average Bonchev–Trinajstić information content (AvgIpc) is 3.04. The van der Waals surface area contributed by atoms with Crippen LogP contribution in [0.5, 0.6) is 0 Å². The first-order chi connectivity index (χ1) is 11.9. The van der Waals surface area contributed by atoms with Gasteiger partial charge >= 0.3 is 6.09 Å². The van der Waals surface area contributed by atoms with E-state index in [-0.39, 0.29) is 27.8 Å². The third kappa shape index (κ3) is 3.56. The van der Waals surface area contributed by atoms with E-state index in [1.165, 1.54) is 6.07 Å². The number of hydrogen-bond donors (Lipinski definition) is 1. The number of fused-ring (bicyclic) bond motifs is 1. The molecule has 1 aliphatic heterocycles. The van der Waals surface area contributed by atoms with Gasteiger partial charge in [-0.05, 0) is 73.5 Å². The molecule has 1 aromatic heterocycles. The van der Waals surface area contributed by atoms with Gasteiger partial charge in [-0.3, -0.25) is 9.69 Å². The van der Waals surface area contributed by atoms with Crippen molar-refractivity contribution in [1.82, 2.24) is 9.88 Å². The van der Waals surface area contributed by atoms with Gasteiger partial charge in [0.15, 0.2) is 5.82 Å². The maximum absolute atomic E-state index is 13.5. The summed E-state index contributed by atoms with van der Waals surface area (Å²) in [6, 6.07) is 0.687. The van der Waals surface area contributed by atoms with Gasteiger partial charge in [0.05, 0.1) is 0 Å². The largest absolute Gasteiger partial charge is 0.444 e. The van der Waals surface area contributed by atoms with Gasteiger partial charge in [0.2, 0.25) is 5.91 Å². The minimum absolute atomic E-state index is 0.0158. The van der Waals surface area contributed by atoms with Crippen LogP contribution in [-0.2, 0) is 9.53 Å². The van der Waals surface area contributed by atoms with E-state index in [0.29, 0.717) is 12.0 Å². The molecule has 0 bridgehead atoms. The van der Waals surface area contributed by atoms with Crippen molar-refractivity contribution in [3.63, 3.8) is 0 Å². The second-order valence-corrected chi connectivity index (χ2v) is 9.15. The number of ether oxygens (including phenoxy) is 1. The summed E-state index contributed by atoms with van der Waals surface area (Å²) in [6.45, 7) is 9.12. The summed E-state index contributed by atoms with van der Waals surface area (Å²) in [7, 11) is 0. The summed E-state index contributed by atoms with van der Waals surface area (Å²) in [5, 5.41) is 2.73. The average molecular weight is 428 g/mol. The highest BCUT2D eigenvalue weighted by atomic mass is 79.9. The fourth-order valence-electron chi connectivity index (χ4n) is 3.47. The maximum atomic E-state index is 13.5. The molecule has 0 aromatic carbocycles. The number of carbonyl (C=O) groups excluding carboxylic acids is 2. The Hall–Kier alpha value is -1.70. The number of halogens is 2. The van der Waals surface area contributed by atoms with Crippen LogP contribution in [0.1, 0.15) is 46.1 Å². The highest BCUT2D eigenvalue weighted by Gasteiger charge is 2.65. The van der Waals surface area contributed by atoms with Crippen LogP contribution in [0.15, 0.2) is 10.7 Å². The predicted molar refractivity (Wildman–Crippen MR) is 98.3 cm³/mol. The van der Waals surface area contributed by atoms with Crippen LogP contribution >= 0.6 is 15.9 Å². The zero-order valence-corrected chi connectivity index (χ0v) is 17.1. The summed E-state index contributed by atoms with van der Waals surface area (Å²) >= 11 is 3.02. The SMILES string of the molecule is Cc1cc(F)c(Br)nc1NC(=O)[C@@H]1C[C@@]2(C)C[C@H]2N1C(=O)OC(C)(C)C. The first kappa shape index (κ1) is 19.1. The number of aryl methyl sites for hydroxylation is 1. The van der Waals surface area contributed by atoms with Crippen molar-refractivity contribution in [2.45, 2.75) is 65.1 Å². The lowest BCUT2D eigenvalue weighted by Gasteiger charge is -2.29. The highest BCUT2D eigenvalue weighted by Crippen LogP contribution is 2.59. The molecule has 1 aliphatic carbocycles. The standard InChI is InChI=1S/C18H23BrFN3O3/c1-9-6-10(20)13(19)21-14(9)22-15(24)11-7-18(5)8-12(18)23(11)16(25)26-17(2,3)4/h6,11-12H,7-8H2,1-5H3,(H,21,22,24)/t11-,12+,18-/m0/s1. The second kappa shape index (κ2) is 6.18. The fourth-order valence-corrected chi connectivity index (χ4v) is 3.76. The molecule has 3 atom stereocenters. The van der Waals surface area contributed by atoms with E-state index in [1.54, 1.807) is 32.6 Å².